The van der Waals surface area contributed by atoms with Crippen LogP contribution in [0.15, 0.2) is 65.6 Å². The number of hydrogen-bond acceptors (Lipinski definition) is 6. The molecule has 0 saturated carbocycles. The highest BCUT2D eigenvalue weighted by molar-refractivity contribution is 7.89. The number of halogens is 1. The minimum absolute atomic E-state index is 0.102. The van der Waals surface area contributed by atoms with Crippen molar-refractivity contribution < 1.29 is 13.2 Å². The molecular weight excluding hydrogens is 486 g/mol. The van der Waals surface area contributed by atoms with Gasteiger partial charge in [-0.05, 0) is 55.3 Å². The average molecular weight is 512 g/mol. The molecule has 35 heavy (non-hydrogen) atoms. The monoisotopic (exact) mass is 511 g/mol. The van der Waals surface area contributed by atoms with Crippen molar-refractivity contribution in [3.05, 3.63) is 71.2 Å². The fourth-order valence-electron chi connectivity index (χ4n) is 4.47. The Kier molecular flexibility index (Phi) is 6.73. The Bertz CT molecular complexity index is 1300. The van der Waals surface area contributed by atoms with Crippen LogP contribution in [0.25, 0.3) is 11.3 Å². The molecule has 3 heterocycles. The fraction of sp³-hybridized carbons (Fsp3) is 0.320. The van der Waals surface area contributed by atoms with Gasteiger partial charge in [-0.3, -0.25) is 4.79 Å². The van der Waals surface area contributed by atoms with Gasteiger partial charge in [0.05, 0.1) is 15.6 Å². The Balaban J connectivity index is 1.20. The Morgan fingerprint density at radius 1 is 0.800 bits per heavy atom. The zero-order chi connectivity index (χ0) is 24.4. The van der Waals surface area contributed by atoms with Gasteiger partial charge < -0.3 is 9.80 Å². The molecule has 8 nitrogen and oxygen atoms in total. The molecule has 3 aromatic rings. The highest BCUT2D eigenvalue weighted by atomic mass is 35.5. The second kappa shape index (κ2) is 9.93. The minimum atomic E-state index is -3.49. The van der Waals surface area contributed by atoms with Crippen molar-refractivity contribution in [2.24, 2.45) is 0 Å². The third kappa shape index (κ3) is 4.89. The Hall–Kier alpha value is -3.01. The van der Waals surface area contributed by atoms with Crippen LogP contribution in [-0.4, -0.2) is 73.0 Å². The number of sulfonamides is 1. The van der Waals surface area contributed by atoms with Crippen LogP contribution >= 0.6 is 11.6 Å². The van der Waals surface area contributed by atoms with E-state index in [1.165, 1.54) is 16.4 Å². The highest BCUT2D eigenvalue weighted by Crippen LogP contribution is 2.26. The standard InChI is InChI=1S/C25H26ClN5O3S/c26-22-6-2-1-5-21(22)23-11-12-24(28-27-23)29-15-17-30(18-16-29)25(32)19-7-9-20(10-8-19)35(33,34)31-13-3-4-14-31/h1-2,5-12H,3-4,13-18H2. The molecule has 182 valence electrons. The van der Waals surface area contributed by atoms with Crippen LogP contribution in [0.2, 0.25) is 5.02 Å². The van der Waals surface area contributed by atoms with Crippen molar-refractivity contribution in [1.82, 2.24) is 19.4 Å². The van der Waals surface area contributed by atoms with Gasteiger partial charge in [0.15, 0.2) is 5.82 Å². The number of benzene rings is 2. The molecule has 1 aromatic heterocycles. The Morgan fingerprint density at radius 3 is 2.11 bits per heavy atom. The van der Waals surface area contributed by atoms with Gasteiger partial charge in [0.2, 0.25) is 10.0 Å². The normalized spacial score (nSPS) is 17.1. The summed E-state index contributed by atoms with van der Waals surface area (Å²) in [6.07, 6.45) is 1.78. The summed E-state index contributed by atoms with van der Waals surface area (Å²) < 4.78 is 26.9. The number of rotatable bonds is 5. The molecule has 0 spiro atoms. The molecule has 2 saturated heterocycles. The quantitative estimate of drug-likeness (QED) is 0.520. The van der Waals surface area contributed by atoms with Crippen LogP contribution in [0.4, 0.5) is 5.82 Å². The average Bonchev–Trinajstić information content (AvgIpc) is 3.45. The molecular formula is C25H26ClN5O3S. The Labute approximate surface area is 210 Å². The first-order chi connectivity index (χ1) is 16.9. The first-order valence-electron chi connectivity index (χ1n) is 11.7. The van der Waals surface area contributed by atoms with E-state index in [1.807, 2.05) is 36.4 Å². The SMILES string of the molecule is O=C(c1ccc(S(=O)(=O)N2CCCC2)cc1)N1CCN(c2ccc(-c3ccccc3Cl)nn2)CC1. The topological polar surface area (TPSA) is 86.7 Å². The van der Waals surface area contributed by atoms with E-state index in [0.29, 0.717) is 55.5 Å². The van der Waals surface area contributed by atoms with Crippen LogP contribution in [0.5, 0.6) is 0 Å². The lowest BCUT2D eigenvalue weighted by atomic mass is 10.1. The minimum Gasteiger partial charge on any atom is -0.352 e. The molecule has 1 amide bonds. The summed E-state index contributed by atoms with van der Waals surface area (Å²) in [6, 6.07) is 17.6. The molecule has 0 radical (unpaired) electrons. The highest BCUT2D eigenvalue weighted by Gasteiger charge is 2.28. The lowest BCUT2D eigenvalue weighted by Gasteiger charge is -2.35. The van der Waals surface area contributed by atoms with Gasteiger partial charge in [0.25, 0.3) is 5.91 Å². The molecule has 2 fully saturated rings. The number of nitrogens with zero attached hydrogens (tertiary/aromatic N) is 5. The molecule has 0 aliphatic carbocycles. The largest absolute Gasteiger partial charge is 0.352 e. The van der Waals surface area contributed by atoms with Crippen molar-refractivity contribution in [2.45, 2.75) is 17.7 Å². The van der Waals surface area contributed by atoms with Crippen molar-refractivity contribution in [3.8, 4) is 11.3 Å². The van der Waals surface area contributed by atoms with E-state index in [4.69, 9.17) is 11.6 Å². The lowest BCUT2D eigenvalue weighted by molar-refractivity contribution is 0.0746. The Morgan fingerprint density at radius 2 is 1.49 bits per heavy atom. The lowest BCUT2D eigenvalue weighted by Crippen LogP contribution is -2.49. The second-order valence-electron chi connectivity index (χ2n) is 8.67. The third-order valence-corrected chi connectivity index (χ3v) is 8.74. The third-order valence-electron chi connectivity index (χ3n) is 6.50. The predicted molar refractivity (Wildman–Crippen MR) is 135 cm³/mol. The van der Waals surface area contributed by atoms with E-state index in [-0.39, 0.29) is 10.8 Å². The van der Waals surface area contributed by atoms with E-state index in [0.717, 1.165) is 24.2 Å². The van der Waals surface area contributed by atoms with Gasteiger partial charge in [-0.25, -0.2) is 8.42 Å². The number of amides is 1. The van der Waals surface area contributed by atoms with Crippen molar-refractivity contribution >= 4 is 33.3 Å². The maximum atomic E-state index is 13.0. The summed E-state index contributed by atoms with van der Waals surface area (Å²) in [5, 5.41) is 9.33. The molecule has 2 aromatic carbocycles. The van der Waals surface area contributed by atoms with E-state index >= 15 is 0 Å². The van der Waals surface area contributed by atoms with Gasteiger partial charge in [0.1, 0.15) is 0 Å². The summed E-state index contributed by atoms with van der Waals surface area (Å²) in [5.74, 6) is 0.652. The molecule has 0 N–H and O–H groups in total. The summed E-state index contributed by atoms with van der Waals surface area (Å²) >= 11 is 6.26. The first kappa shape index (κ1) is 23.7. The van der Waals surface area contributed by atoms with Gasteiger partial charge in [0, 0.05) is 50.4 Å². The molecule has 2 aliphatic rings. The fourth-order valence-corrected chi connectivity index (χ4v) is 6.22. The summed E-state index contributed by atoms with van der Waals surface area (Å²) in [7, 11) is -3.49. The van der Waals surface area contributed by atoms with E-state index in [1.54, 1.807) is 17.0 Å². The molecule has 0 bridgehead atoms. The summed E-state index contributed by atoms with van der Waals surface area (Å²) in [4.78, 5) is 17.1. The predicted octanol–water partition coefficient (Wildman–Crippen LogP) is 3.54. The van der Waals surface area contributed by atoms with E-state index in [2.05, 4.69) is 15.1 Å². The van der Waals surface area contributed by atoms with Crippen LogP contribution in [0, 0.1) is 0 Å². The van der Waals surface area contributed by atoms with Crippen molar-refractivity contribution in [3.63, 3.8) is 0 Å². The molecule has 5 rings (SSSR count). The molecule has 10 heteroatoms. The van der Waals surface area contributed by atoms with Gasteiger partial charge in [-0.15, -0.1) is 10.2 Å². The first-order valence-corrected chi connectivity index (χ1v) is 13.5. The molecule has 2 aliphatic heterocycles. The maximum Gasteiger partial charge on any atom is 0.253 e. The van der Waals surface area contributed by atoms with Gasteiger partial charge in [-0.1, -0.05) is 29.8 Å². The van der Waals surface area contributed by atoms with Crippen molar-refractivity contribution in [1.29, 1.82) is 0 Å². The van der Waals surface area contributed by atoms with Gasteiger partial charge in [-0.2, -0.15) is 4.31 Å². The van der Waals surface area contributed by atoms with Crippen LogP contribution in [0.1, 0.15) is 23.2 Å². The van der Waals surface area contributed by atoms with Crippen molar-refractivity contribution in [2.75, 3.05) is 44.2 Å². The number of anilines is 1. The van der Waals surface area contributed by atoms with E-state index in [9.17, 15) is 13.2 Å². The number of hydrogen-bond donors (Lipinski definition) is 0. The zero-order valence-corrected chi connectivity index (χ0v) is 20.7. The smallest absolute Gasteiger partial charge is 0.253 e. The molecule has 0 atom stereocenters. The number of carbonyl (C=O) groups is 1. The zero-order valence-electron chi connectivity index (χ0n) is 19.2. The maximum absolute atomic E-state index is 13.0. The summed E-state index contributed by atoms with van der Waals surface area (Å²) in [5.41, 5.74) is 2.04. The van der Waals surface area contributed by atoms with Crippen LogP contribution in [-0.2, 0) is 10.0 Å². The van der Waals surface area contributed by atoms with E-state index < -0.39 is 10.0 Å². The second-order valence-corrected chi connectivity index (χ2v) is 11.0. The van der Waals surface area contributed by atoms with Crippen LogP contribution < -0.4 is 4.90 Å². The van der Waals surface area contributed by atoms with Gasteiger partial charge >= 0.3 is 0 Å². The number of aromatic nitrogens is 2. The molecule has 0 unspecified atom stereocenters. The number of carbonyl (C=O) groups excluding carboxylic acids is 1. The van der Waals surface area contributed by atoms with Crippen LogP contribution in [0.3, 0.4) is 0 Å². The number of piperazine rings is 1. The summed E-state index contributed by atoms with van der Waals surface area (Å²) in [6.45, 7) is 3.46.